The number of likely N-dealkylation sites (tertiary alicyclic amines) is 1. The molecule has 2 saturated heterocycles. The number of benzene rings is 1. The Hall–Kier alpha value is -1.26. The van der Waals surface area contributed by atoms with Crippen molar-refractivity contribution in [3.63, 3.8) is 0 Å². The molecular weight excluding hydrogens is 410 g/mol. The number of aliphatic hydroxyl groups is 1. The molecule has 0 saturated carbocycles. The summed E-state index contributed by atoms with van der Waals surface area (Å²) in [4.78, 5) is 14.5. The summed E-state index contributed by atoms with van der Waals surface area (Å²) >= 11 is 0.559. The van der Waals surface area contributed by atoms with Crippen LogP contribution in [0.2, 0.25) is 0 Å². The molecule has 0 bridgehead atoms. The zero-order chi connectivity index (χ0) is 22.1. The van der Waals surface area contributed by atoms with Gasteiger partial charge in [0.05, 0.1) is 11.8 Å². The van der Waals surface area contributed by atoms with Crippen LogP contribution in [-0.2, 0) is 6.42 Å². The lowest BCUT2D eigenvalue weighted by Crippen LogP contribution is -2.56. The average molecular weight is 443 g/mol. The minimum atomic E-state index is -2.97. The largest absolute Gasteiger partial charge is 0.393 e. The van der Waals surface area contributed by atoms with Crippen molar-refractivity contribution in [3.8, 4) is 0 Å². The Labute approximate surface area is 181 Å². The second kappa shape index (κ2) is 9.08. The Balaban J connectivity index is 1.67. The smallest absolute Gasteiger partial charge is 0.311 e. The first kappa shape index (κ1) is 23.4. The number of aliphatic hydroxyl groups excluding tert-OH is 1. The fourth-order valence-corrected chi connectivity index (χ4v) is 5.02. The Morgan fingerprint density at radius 1 is 1.17 bits per heavy atom. The molecule has 0 aromatic heterocycles. The van der Waals surface area contributed by atoms with E-state index in [4.69, 9.17) is 11.5 Å². The highest BCUT2D eigenvalue weighted by atomic mass is 32.2. The molecule has 0 radical (unpaired) electrons. The number of carbonyl (C=O) groups is 1. The standard InChI is InChI=1S/C21H32F2N4O2S/c1-14-11-16(19(29)26-7-3-17(28)4-8-26)12-15(2)18(14)13-21(22,23)30-27-9-5-20(24,25)6-10-27/h11-12,17,28H,3-10,13,24-25H2,1-2H3. The summed E-state index contributed by atoms with van der Waals surface area (Å²) in [5.41, 5.74) is 13.5. The van der Waals surface area contributed by atoms with Crippen LogP contribution in [0.1, 0.15) is 52.7 Å². The number of aryl methyl sites for hydroxylation is 2. The van der Waals surface area contributed by atoms with Gasteiger partial charge in [0.15, 0.2) is 0 Å². The van der Waals surface area contributed by atoms with E-state index in [-0.39, 0.29) is 12.0 Å². The summed E-state index contributed by atoms with van der Waals surface area (Å²) in [5, 5.41) is 6.66. The quantitative estimate of drug-likeness (QED) is 0.479. The van der Waals surface area contributed by atoms with Crippen molar-refractivity contribution < 1.29 is 18.7 Å². The minimum absolute atomic E-state index is 0.110. The Morgan fingerprint density at radius 3 is 2.23 bits per heavy atom. The molecule has 0 atom stereocenters. The van der Waals surface area contributed by atoms with E-state index in [0.717, 1.165) is 0 Å². The van der Waals surface area contributed by atoms with Crippen LogP contribution in [0.3, 0.4) is 0 Å². The van der Waals surface area contributed by atoms with Crippen LogP contribution in [0.4, 0.5) is 8.78 Å². The van der Waals surface area contributed by atoms with E-state index in [0.29, 0.717) is 86.1 Å². The van der Waals surface area contributed by atoms with Crippen LogP contribution in [-0.4, -0.2) is 63.4 Å². The predicted octanol–water partition coefficient (Wildman–Crippen LogP) is 2.39. The van der Waals surface area contributed by atoms with Crippen LogP contribution < -0.4 is 11.5 Å². The molecule has 1 aromatic carbocycles. The van der Waals surface area contributed by atoms with Gasteiger partial charge in [-0.1, -0.05) is 0 Å². The van der Waals surface area contributed by atoms with Gasteiger partial charge in [0.1, 0.15) is 0 Å². The molecule has 5 N–H and O–H groups in total. The van der Waals surface area contributed by atoms with Crippen molar-refractivity contribution in [1.29, 1.82) is 0 Å². The zero-order valence-electron chi connectivity index (χ0n) is 17.7. The van der Waals surface area contributed by atoms with Gasteiger partial charge in [-0.15, -0.1) is 0 Å². The summed E-state index contributed by atoms with van der Waals surface area (Å²) in [7, 11) is 0. The molecule has 2 aliphatic heterocycles. The fourth-order valence-electron chi connectivity index (χ4n) is 4.07. The fraction of sp³-hybridized carbons (Fsp3) is 0.667. The number of rotatable bonds is 5. The van der Waals surface area contributed by atoms with Crippen molar-refractivity contribution in [2.75, 3.05) is 26.2 Å². The molecule has 1 amide bonds. The number of alkyl halides is 2. The third kappa shape index (κ3) is 5.91. The molecule has 0 spiro atoms. The molecule has 6 nitrogen and oxygen atoms in total. The SMILES string of the molecule is Cc1cc(C(=O)N2CCC(O)CC2)cc(C)c1CC(F)(F)SN1CCC(N)(N)CC1. The molecule has 1 aromatic rings. The van der Waals surface area contributed by atoms with Gasteiger partial charge < -0.3 is 21.5 Å². The lowest BCUT2D eigenvalue weighted by molar-refractivity contribution is 0.0546. The van der Waals surface area contributed by atoms with Crippen molar-refractivity contribution in [3.05, 3.63) is 34.4 Å². The van der Waals surface area contributed by atoms with Gasteiger partial charge in [0.25, 0.3) is 5.91 Å². The molecule has 30 heavy (non-hydrogen) atoms. The van der Waals surface area contributed by atoms with E-state index < -0.39 is 17.3 Å². The number of carbonyl (C=O) groups excluding carboxylic acids is 1. The molecule has 168 valence electrons. The highest BCUT2D eigenvalue weighted by molar-refractivity contribution is 7.98. The first-order chi connectivity index (χ1) is 14.0. The van der Waals surface area contributed by atoms with Gasteiger partial charge in [-0.3, -0.25) is 4.79 Å². The van der Waals surface area contributed by atoms with E-state index in [1.807, 2.05) is 0 Å². The third-order valence-electron chi connectivity index (χ3n) is 5.99. The molecule has 2 aliphatic rings. The van der Waals surface area contributed by atoms with Crippen molar-refractivity contribution >= 4 is 17.9 Å². The lowest BCUT2D eigenvalue weighted by Gasteiger charge is -2.37. The van der Waals surface area contributed by atoms with Crippen molar-refractivity contribution in [2.24, 2.45) is 11.5 Å². The monoisotopic (exact) mass is 442 g/mol. The van der Waals surface area contributed by atoms with Crippen molar-refractivity contribution in [1.82, 2.24) is 9.21 Å². The summed E-state index contributed by atoms with van der Waals surface area (Å²) < 4.78 is 31.2. The molecular formula is C21H32F2N4O2S. The first-order valence-corrected chi connectivity index (χ1v) is 11.2. The molecule has 9 heteroatoms. The van der Waals surface area contributed by atoms with Gasteiger partial charge in [0.2, 0.25) is 0 Å². The van der Waals surface area contributed by atoms with E-state index in [1.165, 1.54) is 0 Å². The number of hydrogen-bond acceptors (Lipinski definition) is 6. The summed E-state index contributed by atoms with van der Waals surface area (Å²) in [6.45, 7) is 5.44. The third-order valence-corrected chi connectivity index (χ3v) is 7.03. The zero-order valence-corrected chi connectivity index (χ0v) is 18.5. The summed E-state index contributed by atoms with van der Waals surface area (Å²) in [6.07, 6.45) is 1.35. The van der Waals surface area contributed by atoms with Gasteiger partial charge in [-0.05, 0) is 80.3 Å². The molecule has 2 fully saturated rings. The number of nitrogens with two attached hydrogens (primary N) is 2. The Bertz CT molecular complexity index is 749. The van der Waals surface area contributed by atoms with E-state index >= 15 is 0 Å². The van der Waals surface area contributed by atoms with Crippen LogP contribution in [0.5, 0.6) is 0 Å². The van der Waals surface area contributed by atoms with E-state index in [2.05, 4.69) is 0 Å². The Kier molecular flexibility index (Phi) is 7.08. The average Bonchev–Trinajstić information content (AvgIpc) is 2.66. The summed E-state index contributed by atoms with van der Waals surface area (Å²) in [5.74, 6) is -0.110. The van der Waals surface area contributed by atoms with Crippen LogP contribution in [0.25, 0.3) is 0 Å². The molecule has 2 heterocycles. The highest BCUT2D eigenvalue weighted by Gasteiger charge is 2.37. The molecule has 0 aliphatic carbocycles. The van der Waals surface area contributed by atoms with E-state index in [9.17, 15) is 18.7 Å². The minimum Gasteiger partial charge on any atom is -0.393 e. The van der Waals surface area contributed by atoms with Crippen LogP contribution >= 0.6 is 11.9 Å². The maximum Gasteiger partial charge on any atom is 0.311 e. The van der Waals surface area contributed by atoms with Gasteiger partial charge in [0, 0.05) is 38.2 Å². The van der Waals surface area contributed by atoms with Crippen LogP contribution in [0, 0.1) is 13.8 Å². The number of halogens is 2. The number of hydrogen-bond donors (Lipinski definition) is 3. The highest BCUT2D eigenvalue weighted by Crippen LogP contribution is 2.38. The lowest BCUT2D eigenvalue weighted by atomic mass is 9.96. The van der Waals surface area contributed by atoms with Gasteiger partial charge >= 0.3 is 5.25 Å². The predicted molar refractivity (Wildman–Crippen MR) is 115 cm³/mol. The van der Waals surface area contributed by atoms with Crippen LogP contribution in [0.15, 0.2) is 12.1 Å². The number of piperidine rings is 2. The number of amides is 1. The molecule has 3 rings (SSSR count). The van der Waals surface area contributed by atoms with Gasteiger partial charge in [-0.2, -0.15) is 8.78 Å². The normalized spacial score (nSPS) is 21.1. The number of nitrogens with zero attached hydrogens (tertiary/aromatic N) is 2. The van der Waals surface area contributed by atoms with Crippen molar-refractivity contribution in [2.45, 2.75) is 63.0 Å². The summed E-state index contributed by atoms with van der Waals surface area (Å²) in [6, 6.07) is 3.41. The van der Waals surface area contributed by atoms with Gasteiger partial charge in [-0.25, -0.2) is 4.31 Å². The topological polar surface area (TPSA) is 95.8 Å². The second-order valence-corrected chi connectivity index (χ2v) is 9.98. The van der Waals surface area contributed by atoms with E-state index in [1.54, 1.807) is 35.2 Å². The molecule has 0 unspecified atom stereocenters. The maximum atomic E-state index is 14.8. The second-order valence-electron chi connectivity index (χ2n) is 8.68. The first-order valence-electron chi connectivity index (χ1n) is 10.4. The Morgan fingerprint density at radius 2 is 1.70 bits per heavy atom. The maximum absolute atomic E-state index is 14.8.